The lowest BCUT2D eigenvalue weighted by molar-refractivity contribution is -0.385. The SMILES string of the molecule is NC(=O)c1c(C(F)F)cnc(Cl)c1[N+](=O)[O-]. The number of primary amides is 1. The molecule has 0 aliphatic rings. The van der Waals surface area contributed by atoms with Crippen molar-refractivity contribution in [3.63, 3.8) is 0 Å². The van der Waals surface area contributed by atoms with Crippen molar-refractivity contribution < 1.29 is 18.5 Å². The highest BCUT2D eigenvalue weighted by Gasteiger charge is 2.30. The molecule has 0 spiro atoms. The number of pyridine rings is 1. The van der Waals surface area contributed by atoms with Gasteiger partial charge in [-0.1, -0.05) is 11.6 Å². The van der Waals surface area contributed by atoms with E-state index < -0.39 is 39.2 Å². The Balaban J connectivity index is 3.63. The number of carbonyl (C=O) groups excluding carboxylic acids is 1. The third kappa shape index (κ3) is 2.06. The van der Waals surface area contributed by atoms with Gasteiger partial charge in [-0.25, -0.2) is 13.8 Å². The molecule has 0 saturated heterocycles. The number of nitrogens with two attached hydrogens (primary N) is 1. The van der Waals surface area contributed by atoms with Crippen LogP contribution in [0.2, 0.25) is 5.15 Å². The number of nitro groups is 1. The summed E-state index contributed by atoms with van der Waals surface area (Å²) in [7, 11) is 0. The summed E-state index contributed by atoms with van der Waals surface area (Å²) in [4.78, 5) is 23.6. The molecule has 0 atom stereocenters. The van der Waals surface area contributed by atoms with E-state index in [-0.39, 0.29) is 0 Å². The Hall–Kier alpha value is -1.83. The van der Waals surface area contributed by atoms with Gasteiger partial charge in [-0.15, -0.1) is 0 Å². The highest BCUT2D eigenvalue weighted by atomic mass is 35.5. The van der Waals surface area contributed by atoms with Crippen molar-refractivity contribution in [2.75, 3.05) is 0 Å². The maximum Gasteiger partial charge on any atom is 0.319 e. The fourth-order valence-electron chi connectivity index (χ4n) is 1.08. The molecule has 0 bridgehead atoms. The molecule has 1 aromatic rings. The number of aromatic nitrogens is 1. The van der Waals surface area contributed by atoms with E-state index in [2.05, 4.69) is 4.98 Å². The normalized spacial score (nSPS) is 10.5. The molecule has 6 nitrogen and oxygen atoms in total. The number of hydrogen-bond acceptors (Lipinski definition) is 4. The first-order valence-electron chi connectivity index (χ1n) is 3.77. The molecule has 0 saturated carbocycles. The second-order valence-corrected chi connectivity index (χ2v) is 3.01. The third-order valence-corrected chi connectivity index (χ3v) is 1.98. The van der Waals surface area contributed by atoms with E-state index in [1.807, 2.05) is 0 Å². The highest BCUT2D eigenvalue weighted by Crippen LogP contribution is 2.33. The highest BCUT2D eigenvalue weighted by molar-refractivity contribution is 6.32. The van der Waals surface area contributed by atoms with Crippen LogP contribution in [0.1, 0.15) is 22.3 Å². The van der Waals surface area contributed by atoms with E-state index in [0.29, 0.717) is 6.20 Å². The lowest BCUT2D eigenvalue weighted by atomic mass is 10.1. The first-order valence-corrected chi connectivity index (χ1v) is 4.14. The van der Waals surface area contributed by atoms with Crippen LogP contribution >= 0.6 is 11.6 Å². The van der Waals surface area contributed by atoms with Crippen molar-refractivity contribution >= 4 is 23.2 Å². The molecule has 0 aliphatic carbocycles. The van der Waals surface area contributed by atoms with Crippen LogP contribution in [0.4, 0.5) is 14.5 Å². The van der Waals surface area contributed by atoms with Gasteiger partial charge in [-0.3, -0.25) is 14.9 Å². The Morgan fingerprint density at radius 1 is 1.62 bits per heavy atom. The Kier molecular flexibility index (Phi) is 3.33. The first kappa shape index (κ1) is 12.2. The number of nitrogens with zero attached hydrogens (tertiary/aromatic N) is 2. The van der Waals surface area contributed by atoms with Crippen molar-refractivity contribution in [3.8, 4) is 0 Å². The van der Waals surface area contributed by atoms with E-state index in [4.69, 9.17) is 17.3 Å². The van der Waals surface area contributed by atoms with Crippen molar-refractivity contribution in [2.24, 2.45) is 5.73 Å². The molecule has 0 unspecified atom stereocenters. The molecule has 0 aromatic carbocycles. The molecule has 1 rings (SSSR count). The van der Waals surface area contributed by atoms with Crippen LogP contribution in [0.5, 0.6) is 0 Å². The summed E-state index contributed by atoms with van der Waals surface area (Å²) < 4.78 is 24.9. The molecule has 16 heavy (non-hydrogen) atoms. The molecule has 1 heterocycles. The Labute approximate surface area is 92.2 Å². The molecule has 0 radical (unpaired) electrons. The monoisotopic (exact) mass is 251 g/mol. The number of rotatable bonds is 3. The number of halogens is 3. The van der Waals surface area contributed by atoms with E-state index in [0.717, 1.165) is 0 Å². The lowest BCUT2D eigenvalue weighted by Gasteiger charge is -2.06. The van der Waals surface area contributed by atoms with E-state index in [1.165, 1.54) is 0 Å². The van der Waals surface area contributed by atoms with Crippen LogP contribution in [0, 0.1) is 10.1 Å². The zero-order valence-electron chi connectivity index (χ0n) is 7.49. The maximum absolute atomic E-state index is 12.4. The van der Waals surface area contributed by atoms with Gasteiger partial charge in [0.2, 0.25) is 5.15 Å². The fourth-order valence-corrected chi connectivity index (χ4v) is 1.30. The van der Waals surface area contributed by atoms with Gasteiger partial charge in [0.25, 0.3) is 12.3 Å². The van der Waals surface area contributed by atoms with Gasteiger partial charge in [0.05, 0.1) is 10.5 Å². The average molecular weight is 252 g/mol. The van der Waals surface area contributed by atoms with Crippen molar-refractivity contribution in [2.45, 2.75) is 6.43 Å². The topological polar surface area (TPSA) is 99.1 Å². The quantitative estimate of drug-likeness (QED) is 0.502. The van der Waals surface area contributed by atoms with Gasteiger partial charge in [-0.05, 0) is 0 Å². The van der Waals surface area contributed by atoms with Gasteiger partial charge in [-0.2, -0.15) is 0 Å². The summed E-state index contributed by atoms with van der Waals surface area (Å²) in [5.41, 5.74) is 1.96. The minimum atomic E-state index is -3.11. The van der Waals surface area contributed by atoms with Gasteiger partial charge < -0.3 is 5.73 Å². The minimum absolute atomic E-state index is 0.583. The van der Waals surface area contributed by atoms with Crippen molar-refractivity contribution in [3.05, 3.63) is 32.6 Å². The number of alkyl halides is 2. The number of amides is 1. The van der Waals surface area contributed by atoms with Crippen LogP contribution in [0.15, 0.2) is 6.20 Å². The van der Waals surface area contributed by atoms with Crippen LogP contribution in [-0.2, 0) is 0 Å². The Morgan fingerprint density at radius 3 is 2.56 bits per heavy atom. The van der Waals surface area contributed by atoms with Crippen LogP contribution in [0.25, 0.3) is 0 Å². The molecule has 86 valence electrons. The number of hydrogen-bond donors (Lipinski definition) is 1. The minimum Gasteiger partial charge on any atom is -0.365 e. The van der Waals surface area contributed by atoms with Gasteiger partial charge in [0.1, 0.15) is 5.56 Å². The second kappa shape index (κ2) is 4.35. The lowest BCUT2D eigenvalue weighted by Crippen LogP contribution is -2.17. The Bertz CT molecular complexity index is 466. The summed E-state index contributed by atoms with van der Waals surface area (Å²) in [6.07, 6.45) is -2.52. The van der Waals surface area contributed by atoms with Crippen LogP contribution in [-0.4, -0.2) is 15.8 Å². The Morgan fingerprint density at radius 2 is 2.19 bits per heavy atom. The number of carbonyl (C=O) groups is 1. The summed E-state index contributed by atoms with van der Waals surface area (Å²) >= 11 is 5.34. The summed E-state index contributed by atoms with van der Waals surface area (Å²) in [5, 5.41) is 9.89. The maximum atomic E-state index is 12.4. The van der Waals surface area contributed by atoms with Crippen LogP contribution < -0.4 is 5.73 Å². The van der Waals surface area contributed by atoms with Gasteiger partial charge in [0, 0.05) is 6.20 Å². The molecule has 1 aromatic heterocycles. The van der Waals surface area contributed by atoms with Crippen molar-refractivity contribution in [1.82, 2.24) is 4.98 Å². The summed E-state index contributed by atoms with van der Waals surface area (Å²) in [6.45, 7) is 0. The van der Waals surface area contributed by atoms with Gasteiger partial charge in [0.15, 0.2) is 0 Å². The van der Waals surface area contributed by atoms with Gasteiger partial charge >= 0.3 is 5.69 Å². The standard InChI is InChI=1S/C7H4ClF2N3O3/c8-5-4(13(15)16)3(7(11)14)2(1-12-5)6(9)10/h1,6H,(H2,11,14). The van der Waals surface area contributed by atoms with Crippen molar-refractivity contribution in [1.29, 1.82) is 0 Å². The molecular formula is C7H4ClF2N3O3. The van der Waals surface area contributed by atoms with Crippen LogP contribution in [0.3, 0.4) is 0 Å². The molecule has 0 aliphatic heterocycles. The summed E-state index contributed by atoms with van der Waals surface area (Å²) in [6, 6.07) is 0. The molecular weight excluding hydrogens is 248 g/mol. The zero-order valence-corrected chi connectivity index (χ0v) is 8.24. The second-order valence-electron chi connectivity index (χ2n) is 2.65. The average Bonchev–Trinajstić information content (AvgIpc) is 2.15. The molecule has 9 heteroatoms. The zero-order chi connectivity index (χ0) is 12.5. The molecule has 1 amide bonds. The predicted octanol–water partition coefficient (Wildman–Crippen LogP) is 1.68. The van der Waals surface area contributed by atoms with E-state index in [9.17, 15) is 23.7 Å². The summed E-state index contributed by atoms with van der Waals surface area (Å²) in [5.74, 6) is -1.36. The van der Waals surface area contributed by atoms with E-state index in [1.54, 1.807) is 0 Å². The predicted molar refractivity (Wildman–Crippen MR) is 49.4 cm³/mol. The smallest absolute Gasteiger partial charge is 0.319 e. The molecule has 2 N–H and O–H groups in total. The fraction of sp³-hybridized carbons (Fsp3) is 0.143. The van der Waals surface area contributed by atoms with E-state index >= 15 is 0 Å². The first-order chi connectivity index (χ1) is 7.36. The third-order valence-electron chi connectivity index (χ3n) is 1.70. The largest absolute Gasteiger partial charge is 0.365 e. The molecule has 0 fully saturated rings.